The number of thioether (sulfide) groups is 1. The molecule has 1 heterocycles. The van der Waals surface area contributed by atoms with Crippen LogP contribution in [0, 0.1) is 0 Å². The van der Waals surface area contributed by atoms with Crippen LogP contribution in [0.4, 0.5) is 0 Å². The Balaban J connectivity index is 2.35. The van der Waals surface area contributed by atoms with E-state index in [0.717, 1.165) is 17.3 Å². The van der Waals surface area contributed by atoms with Gasteiger partial charge >= 0.3 is 0 Å². The van der Waals surface area contributed by atoms with Crippen molar-refractivity contribution in [2.24, 2.45) is 4.99 Å². The van der Waals surface area contributed by atoms with Crippen LogP contribution in [-0.4, -0.2) is 16.1 Å². The van der Waals surface area contributed by atoms with Gasteiger partial charge in [0.2, 0.25) is 5.12 Å². The SMILES string of the molecule is O=C1CC(=O)SC(c2ccccc2)=N1. The summed E-state index contributed by atoms with van der Waals surface area (Å²) >= 11 is 1.03. The molecule has 0 aliphatic carbocycles. The van der Waals surface area contributed by atoms with E-state index in [4.69, 9.17) is 0 Å². The second-order valence-electron chi connectivity index (χ2n) is 2.83. The molecule has 2 rings (SSSR count). The Morgan fingerprint density at radius 2 is 1.86 bits per heavy atom. The summed E-state index contributed by atoms with van der Waals surface area (Å²) in [5.41, 5.74) is 0.818. The zero-order chi connectivity index (χ0) is 9.97. The summed E-state index contributed by atoms with van der Waals surface area (Å²) in [6.07, 6.45) is -0.0823. The molecular weight excluding hydrogens is 198 g/mol. The largest absolute Gasteiger partial charge is 0.286 e. The summed E-state index contributed by atoms with van der Waals surface area (Å²) in [6, 6.07) is 9.24. The molecule has 0 saturated heterocycles. The summed E-state index contributed by atoms with van der Waals surface area (Å²) in [5, 5.41) is 0.371. The summed E-state index contributed by atoms with van der Waals surface area (Å²) in [6.45, 7) is 0. The predicted molar refractivity (Wildman–Crippen MR) is 55.2 cm³/mol. The van der Waals surface area contributed by atoms with Crippen LogP contribution in [0.1, 0.15) is 12.0 Å². The molecular formula is C10H7NO2S. The predicted octanol–water partition coefficient (Wildman–Crippen LogP) is 1.62. The minimum atomic E-state index is -0.354. The molecule has 0 saturated carbocycles. The Morgan fingerprint density at radius 1 is 1.14 bits per heavy atom. The van der Waals surface area contributed by atoms with Crippen molar-refractivity contribution in [3.8, 4) is 0 Å². The number of aliphatic imine (C=N–C) groups is 1. The maximum absolute atomic E-state index is 11.1. The third kappa shape index (κ3) is 1.90. The highest BCUT2D eigenvalue weighted by atomic mass is 32.2. The number of benzene rings is 1. The zero-order valence-corrected chi connectivity index (χ0v) is 8.08. The molecule has 0 aromatic heterocycles. The molecule has 0 fully saturated rings. The molecule has 0 spiro atoms. The van der Waals surface area contributed by atoms with Crippen LogP contribution in [0.25, 0.3) is 0 Å². The van der Waals surface area contributed by atoms with Gasteiger partial charge < -0.3 is 0 Å². The Kier molecular flexibility index (Phi) is 2.45. The normalized spacial score (nSPS) is 16.7. The molecule has 1 aliphatic heterocycles. The van der Waals surface area contributed by atoms with E-state index in [2.05, 4.69) is 4.99 Å². The molecule has 1 aromatic rings. The van der Waals surface area contributed by atoms with Gasteiger partial charge in [-0.25, -0.2) is 4.99 Å². The van der Waals surface area contributed by atoms with Crippen molar-refractivity contribution in [3.05, 3.63) is 35.9 Å². The van der Waals surface area contributed by atoms with Gasteiger partial charge in [0.15, 0.2) is 0 Å². The van der Waals surface area contributed by atoms with Gasteiger partial charge in [-0.3, -0.25) is 9.59 Å². The number of hydrogen-bond donors (Lipinski definition) is 0. The first-order valence-electron chi connectivity index (χ1n) is 4.13. The molecule has 0 unspecified atom stereocenters. The minimum Gasteiger partial charge on any atom is -0.286 e. The second kappa shape index (κ2) is 3.75. The first kappa shape index (κ1) is 9.15. The van der Waals surface area contributed by atoms with Crippen LogP contribution < -0.4 is 0 Å². The summed E-state index contributed by atoms with van der Waals surface area (Å²) in [7, 11) is 0. The molecule has 0 N–H and O–H groups in total. The molecule has 1 amide bonds. The van der Waals surface area contributed by atoms with Crippen molar-refractivity contribution in [2.45, 2.75) is 6.42 Å². The Labute approximate surface area is 85.2 Å². The number of nitrogens with zero attached hydrogens (tertiary/aromatic N) is 1. The number of rotatable bonds is 1. The van der Waals surface area contributed by atoms with Crippen LogP contribution in [0.15, 0.2) is 35.3 Å². The fourth-order valence-corrected chi connectivity index (χ4v) is 1.96. The van der Waals surface area contributed by atoms with E-state index in [9.17, 15) is 9.59 Å². The molecule has 0 radical (unpaired) electrons. The molecule has 0 atom stereocenters. The van der Waals surface area contributed by atoms with Crippen LogP contribution >= 0.6 is 11.8 Å². The van der Waals surface area contributed by atoms with Crippen molar-refractivity contribution in [3.63, 3.8) is 0 Å². The third-order valence-corrected chi connectivity index (χ3v) is 2.65. The van der Waals surface area contributed by atoms with Gasteiger partial charge in [0.05, 0.1) is 6.42 Å². The van der Waals surface area contributed by atoms with E-state index >= 15 is 0 Å². The van der Waals surface area contributed by atoms with E-state index < -0.39 is 0 Å². The van der Waals surface area contributed by atoms with Crippen LogP contribution in [0.2, 0.25) is 0 Å². The number of amides is 1. The van der Waals surface area contributed by atoms with E-state index in [1.165, 1.54) is 0 Å². The molecule has 1 aromatic carbocycles. The van der Waals surface area contributed by atoms with Crippen molar-refractivity contribution in [2.75, 3.05) is 0 Å². The average molecular weight is 205 g/mol. The maximum Gasteiger partial charge on any atom is 0.255 e. The van der Waals surface area contributed by atoms with Gasteiger partial charge in [0.25, 0.3) is 5.91 Å². The van der Waals surface area contributed by atoms with Crippen LogP contribution in [0.5, 0.6) is 0 Å². The fourth-order valence-electron chi connectivity index (χ4n) is 1.15. The number of carbonyl (C=O) groups is 2. The monoisotopic (exact) mass is 205 g/mol. The highest BCUT2D eigenvalue weighted by molar-refractivity contribution is 8.27. The van der Waals surface area contributed by atoms with Gasteiger partial charge in [-0.05, 0) is 11.8 Å². The van der Waals surface area contributed by atoms with Crippen molar-refractivity contribution >= 4 is 27.8 Å². The fraction of sp³-hybridized carbons (Fsp3) is 0.100. The Hall–Kier alpha value is -1.42. The number of carbonyl (C=O) groups excluding carboxylic acids is 2. The van der Waals surface area contributed by atoms with Gasteiger partial charge in [-0.15, -0.1) is 0 Å². The first-order valence-corrected chi connectivity index (χ1v) is 4.95. The van der Waals surface area contributed by atoms with E-state index in [-0.39, 0.29) is 17.4 Å². The molecule has 1 aliphatic rings. The van der Waals surface area contributed by atoms with Gasteiger partial charge in [0.1, 0.15) is 5.04 Å². The zero-order valence-electron chi connectivity index (χ0n) is 7.27. The average Bonchev–Trinajstić information content (AvgIpc) is 2.18. The first-order chi connectivity index (χ1) is 6.75. The van der Waals surface area contributed by atoms with Gasteiger partial charge in [-0.2, -0.15) is 0 Å². The standard InChI is InChI=1S/C10H7NO2S/c12-8-6-9(13)14-10(11-8)7-4-2-1-3-5-7/h1-5H,6H2. The lowest BCUT2D eigenvalue weighted by Crippen LogP contribution is -2.14. The van der Waals surface area contributed by atoms with Crippen LogP contribution in [-0.2, 0) is 9.59 Å². The molecule has 4 heteroatoms. The molecule has 70 valence electrons. The lowest BCUT2D eigenvalue weighted by atomic mass is 10.2. The molecule has 14 heavy (non-hydrogen) atoms. The summed E-state index contributed by atoms with van der Waals surface area (Å²) in [4.78, 5) is 26.0. The smallest absolute Gasteiger partial charge is 0.255 e. The Bertz CT molecular complexity index is 411. The van der Waals surface area contributed by atoms with Crippen molar-refractivity contribution in [1.82, 2.24) is 0 Å². The molecule has 3 nitrogen and oxygen atoms in total. The maximum atomic E-state index is 11.1. The van der Waals surface area contributed by atoms with E-state index in [1.54, 1.807) is 0 Å². The lowest BCUT2D eigenvalue weighted by Gasteiger charge is -2.08. The third-order valence-electron chi connectivity index (χ3n) is 1.75. The highest BCUT2D eigenvalue weighted by Crippen LogP contribution is 2.20. The number of hydrogen-bond acceptors (Lipinski definition) is 3. The highest BCUT2D eigenvalue weighted by Gasteiger charge is 2.20. The van der Waals surface area contributed by atoms with Gasteiger partial charge in [-0.1, -0.05) is 30.3 Å². The minimum absolute atomic E-state index is 0.0823. The lowest BCUT2D eigenvalue weighted by molar-refractivity contribution is -0.122. The van der Waals surface area contributed by atoms with E-state index in [0.29, 0.717) is 5.04 Å². The van der Waals surface area contributed by atoms with Crippen molar-refractivity contribution in [1.29, 1.82) is 0 Å². The summed E-state index contributed by atoms with van der Waals surface area (Å²) in [5.74, 6) is -0.354. The summed E-state index contributed by atoms with van der Waals surface area (Å²) < 4.78 is 0. The van der Waals surface area contributed by atoms with Gasteiger partial charge in [0, 0.05) is 5.56 Å². The van der Waals surface area contributed by atoms with Crippen molar-refractivity contribution < 1.29 is 9.59 Å². The molecule has 0 bridgehead atoms. The van der Waals surface area contributed by atoms with Crippen LogP contribution in [0.3, 0.4) is 0 Å². The van der Waals surface area contributed by atoms with E-state index in [1.807, 2.05) is 30.3 Å². The second-order valence-corrected chi connectivity index (χ2v) is 3.87. The topological polar surface area (TPSA) is 46.5 Å². The quantitative estimate of drug-likeness (QED) is 0.654. The Morgan fingerprint density at radius 3 is 2.50 bits per heavy atom.